The Morgan fingerprint density at radius 3 is 1.98 bits per heavy atom. The van der Waals surface area contributed by atoms with E-state index in [1.165, 1.54) is 49.4 Å². The molecular weight excluding hydrogens is 623 g/mol. The Kier molecular flexibility index (Phi) is 7.12. The molecule has 2 aliphatic heterocycles. The second-order valence-electron chi connectivity index (χ2n) is 13.6. The molecule has 51 heavy (non-hydrogen) atoms. The standard InChI is InChI=1S/C47H35N3O/c1-2-14-33(15-3-1)45-48-46(34-26-24-32(25-27-34)37-21-10-16-30-12-4-6-18-36(30)37)50-47(49-45)35-28-41(39-22-11-17-31-13-5-7-19-38(31)39)44-40-20-8-9-23-42(40)51-43(44)29-35/h1-7,10-29,43-44,46H,8-9H2,(H,48,49,50). The number of aliphatic imine (C=N–C) groups is 2. The molecule has 6 aromatic rings. The van der Waals surface area contributed by atoms with Gasteiger partial charge in [-0.05, 0) is 80.4 Å². The summed E-state index contributed by atoms with van der Waals surface area (Å²) < 4.78 is 6.73. The zero-order chi connectivity index (χ0) is 33.7. The van der Waals surface area contributed by atoms with E-state index in [-0.39, 0.29) is 12.0 Å². The number of nitrogens with one attached hydrogen (secondary N) is 1. The molecule has 6 aromatic carbocycles. The Hall–Kier alpha value is -6.26. The van der Waals surface area contributed by atoms with Crippen LogP contribution in [0, 0.1) is 5.92 Å². The van der Waals surface area contributed by atoms with Crippen LogP contribution in [0.25, 0.3) is 38.2 Å². The number of nitrogens with zero attached hydrogens (tertiary/aromatic N) is 2. The first-order valence-electron chi connectivity index (χ1n) is 17.8. The van der Waals surface area contributed by atoms with Crippen molar-refractivity contribution in [3.8, 4) is 11.1 Å². The largest absolute Gasteiger partial charge is 0.485 e. The SMILES string of the molecule is C1=C(C2=NC(c3ccc(-c4cccc5ccccc45)cc3)N=C(c3ccccc3)N2)C=C(c2cccc3ccccc23)C2C3=CCCC=C3OC12. The Morgan fingerprint density at radius 1 is 0.549 bits per heavy atom. The molecule has 4 heteroatoms. The molecule has 0 bridgehead atoms. The molecule has 10 rings (SSSR count). The number of hydrogen-bond donors (Lipinski definition) is 1. The molecule has 244 valence electrons. The van der Waals surface area contributed by atoms with Gasteiger partial charge in [0.2, 0.25) is 0 Å². The van der Waals surface area contributed by atoms with Crippen molar-refractivity contribution in [2.45, 2.75) is 25.1 Å². The summed E-state index contributed by atoms with van der Waals surface area (Å²) in [7, 11) is 0. The first kappa shape index (κ1) is 29.6. The minimum atomic E-state index is -0.413. The van der Waals surface area contributed by atoms with Gasteiger partial charge in [-0.1, -0.05) is 146 Å². The molecule has 4 nitrogen and oxygen atoms in total. The maximum atomic E-state index is 6.73. The molecule has 2 aliphatic carbocycles. The van der Waals surface area contributed by atoms with Crippen molar-refractivity contribution in [2.24, 2.45) is 15.9 Å². The van der Waals surface area contributed by atoms with Crippen molar-refractivity contribution >= 4 is 38.8 Å². The van der Waals surface area contributed by atoms with Crippen LogP contribution in [0.3, 0.4) is 0 Å². The zero-order valence-corrected chi connectivity index (χ0v) is 28.0. The fourth-order valence-corrected chi connectivity index (χ4v) is 8.09. The van der Waals surface area contributed by atoms with Gasteiger partial charge in [0.25, 0.3) is 0 Å². The Balaban J connectivity index is 1.09. The van der Waals surface area contributed by atoms with Crippen LogP contribution in [-0.2, 0) is 4.74 Å². The van der Waals surface area contributed by atoms with E-state index in [1.807, 2.05) is 6.07 Å². The van der Waals surface area contributed by atoms with E-state index in [2.05, 4.69) is 163 Å². The molecule has 3 atom stereocenters. The van der Waals surface area contributed by atoms with Crippen molar-refractivity contribution in [3.05, 3.63) is 197 Å². The predicted octanol–water partition coefficient (Wildman–Crippen LogP) is 10.7. The van der Waals surface area contributed by atoms with Crippen molar-refractivity contribution in [1.82, 2.24) is 5.32 Å². The molecule has 2 heterocycles. The van der Waals surface area contributed by atoms with E-state index in [9.17, 15) is 0 Å². The monoisotopic (exact) mass is 657 g/mol. The summed E-state index contributed by atoms with van der Waals surface area (Å²) in [6, 6.07) is 49.4. The van der Waals surface area contributed by atoms with Crippen molar-refractivity contribution in [3.63, 3.8) is 0 Å². The van der Waals surface area contributed by atoms with Crippen LogP contribution in [0.5, 0.6) is 0 Å². The fourth-order valence-electron chi connectivity index (χ4n) is 8.09. The molecule has 1 N–H and O–H groups in total. The van der Waals surface area contributed by atoms with Crippen molar-refractivity contribution in [2.75, 3.05) is 0 Å². The average molecular weight is 658 g/mol. The van der Waals surface area contributed by atoms with E-state index in [0.29, 0.717) is 0 Å². The van der Waals surface area contributed by atoms with E-state index in [1.54, 1.807) is 0 Å². The van der Waals surface area contributed by atoms with E-state index in [0.717, 1.165) is 47.0 Å². The van der Waals surface area contributed by atoms with Crippen LogP contribution < -0.4 is 5.32 Å². The lowest BCUT2D eigenvalue weighted by Gasteiger charge is -2.29. The average Bonchev–Trinajstić information content (AvgIpc) is 3.59. The highest BCUT2D eigenvalue weighted by Gasteiger charge is 2.42. The molecule has 0 aromatic heterocycles. The molecule has 3 unspecified atom stereocenters. The lowest BCUT2D eigenvalue weighted by molar-refractivity contribution is 0.185. The summed E-state index contributed by atoms with van der Waals surface area (Å²) in [5.74, 6) is 2.74. The zero-order valence-electron chi connectivity index (χ0n) is 28.0. The maximum Gasteiger partial charge on any atom is 0.169 e. The van der Waals surface area contributed by atoms with E-state index >= 15 is 0 Å². The predicted molar refractivity (Wildman–Crippen MR) is 209 cm³/mol. The Labute approximate surface area is 297 Å². The van der Waals surface area contributed by atoms with Crippen LogP contribution in [0.2, 0.25) is 0 Å². The molecule has 1 fully saturated rings. The maximum absolute atomic E-state index is 6.73. The van der Waals surface area contributed by atoms with Crippen LogP contribution in [0.4, 0.5) is 0 Å². The van der Waals surface area contributed by atoms with Crippen LogP contribution >= 0.6 is 0 Å². The van der Waals surface area contributed by atoms with Gasteiger partial charge >= 0.3 is 0 Å². The lowest BCUT2D eigenvalue weighted by Crippen LogP contribution is -2.37. The molecule has 0 amide bonds. The fraction of sp³-hybridized carbons (Fsp3) is 0.106. The molecule has 1 saturated heterocycles. The third-order valence-electron chi connectivity index (χ3n) is 10.5. The first-order chi connectivity index (χ1) is 25.3. The molecule has 0 radical (unpaired) electrons. The highest BCUT2D eigenvalue weighted by atomic mass is 16.5. The summed E-state index contributed by atoms with van der Waals surface area (Å²) >= 11 is 0. The quantitative estimate of drug-likeness (QED) is 0.201. The van der Waals surface area contributed by atoms with Crippen molar-refractivity contribution < 1.29 is 4.74 Å². The van der Waals surface area contributed by atoms with Crippen molar-refractivity contribution in [1.29, 1.82) is 0 Å². The number of rotatable bonds is 5. The van der Waals surface area contributed by atoms with E-state index < -0.39 is 6.17 Å². The summed E-state index contributed by atoms with van der Waals surface area (Å²) in [5, 5.41) is 8.61. The van der Waals surface area contributed by atoms with Gasteiger partial charge in [0, 0.05) is 16.7 Å². The number of ether oxygens (including phenoxy) is 1. The Bertz CT molecular complexity index is 2520. The Morgan fingerprint density at radius 2 is 1.20 bits per heavy atom. The third-order valence-corrected chi connectivity index (χ3v) is 10.5. The van der Waals surface area contributed by atoms with E-state index in [4.69, 9.17) is 14.7 Å². The van der Waals surface area contributed by atoms with Crippen LogP contribution in [0.15, 0.2) is 191 Å². The molecule has 0 saturated carbocycles. The first-order valence-corrected chi connectivity index (χ1v) is 17.8. The number of hydrogen-bond acceptors (Lipinski definition) is 4. The summed E-state index contributed by atoms with van der Waals surface area (Å²) in [4.78, 5) is 10.5. The van der Waals surface area contributed by atoms with Gasteiger partial charge in [0.15, 0.2) is 6.17 Å². The van der Waals surface area contributed by atoms with Crippen LogP contribution in [-0.4, -0.2) is 17.8 Å². The lowest BCUT2D eigenvalue weighted by atomic mass is 9.77. The summed E-state index contributed by atoms with van der Waals surface area (Å²) in [6.45, 7) is 0. The van der Waals surface area contributed by atoms with Gasteiger partial charge < -0.3 is 10.1 Å². The second-order valence-corrected chi connectivity index (χ2v) is 13.6. The van der Waals surface area contributed by atoms with Gasteiger partial charge in [0.1, 0.15) is 23.5 Å². The number of benzene rings is 6. The smallest absolute Gasteiger partial charge is 0.169 e. The van der Waals surface area contributed by atoms with Gasteiger partial charge in [-0.15, -0.1) is 0 Å². The normalized spacial score (nSPS) is 20.8. The minimum Gasteiger partial charge on any atom is -0.485 e. The summed E-state index contributed by atoms with van der Waals surface area (Å²) in [5.41, 5.74) is 9.26. The highest BCUT2D eigenvalue weighted by molar-refractivity contribution is 6.17. The topological polar surface area (TPSA) is 46.0 Å². The van der Waals surface area contributed by atoms with Gasteiger partial charge in [0.05, 0.1) is 5.92 Å². The molecule has 4 aliphatic rings. The van der Waals surface area contributed by atoms with Gasteiger partial charge in [-0.3, -0.25) is 0 Å². The van der Waals surface area contributed by atoms with Gasteiger partial charge in [-0.25, -0.2) is 9.98 Å². The van der Waals surface area contributed by atoms with Crippen LogP contribution in [0.1, 0.15) is 35.7 Å². The second kappa shape index (κ2) is 12.3. The summed E-state index contributed by atoms with van der Waals surface area (Å²) in [6.07, 6.45) is 10.7. The minimum absolute atomic E-state index is 0.120. The third kappa shape index (κ3) is 5.23. The van der Waals surface area contributed by atoms with Gasteiger partial charge in [-0.2, -0.15) is 0 Å². The number of fused-ring (bicyclic) bond motifs is 5. The molecule has 0 spiro atoms. The highest BCUT2D eigenvalue weighted by Crippen LogP contribution is 2.49. The number of allylic oxidation sites excluding steroid dienone is 3. The number of amidine groups is 2. The molecular formula is C47H35N3O.